The van der Waals surface area contributed by atoms with E-state index < -0.39 is 0 Å². The van der Waals surface area contributed by atoms with Crippen LogP contribution in [0.4, 0.5) is 0 Å². The lowest BCUT2D eigenvalue weighted by molar-refractivity contribution is 0.000198. The summed E-state index contributed by atoms with van der Waals surface area (Å²) in [6.45, 7) is 3.12. The van der Waals surface area contributed by atoms with Crippen LogP contribution in [0, 0.1) is 0 Å². The maximum atomic E-state index is 5.76. The van der Waals surface area contributed by atoms with Gasteiger partial charge in [-0.05, 0) is 29.3 Å². The SMILES string of the molecule is c1cncc(-c2ccc(OCC3CNCCO3)cc2)c1. The van der Waals surface area contributed by atoms with E-state index in [0.29, 0.717) is 6.61 Å². The van der Waals surface area contributed by atoms with Crippen molar-refractivity contribution in [2.24, 2.45) is 0 Å². The first-order chi connectivity index (χ1) is 9.92. The fourth-order valence-electron chi connectivity index (χ4n) is 2.19. The van der Waals surface area contributed by atoms with Crippen molar-refractivity contribution in [1.82, 2.24) is 10.3 Å². The van der Waals surface area contributed by atoms with Crippen LogP contribution in [-0.2, 0) is 4.74 Å². The van der Waals surface area contributed by atoms with E-state index in [9.17, 15) is 0 Å². The molecule has 1 unspecified atom stereocenters. The topological polar surface area (TPSA) is 43.4 Å². The molecule has 1 aromatic heterocycles. The predicted molar refractivity (Wildman–Crippen MR) is 77.8 cm³/mol. The van der Waals surface area contributed by atoms with E-state index in [0.717, 1.165) is 36.6 Å². The van der Waals surface area contributed by atoms with Gasteiger partial charge in [-0.15, -0.1) is 0 Å². The highest BCUT2D eigenvalue weighted by Crippen LogP contribution is 2.21. The molecule has 0 aliphatic carbocycles. The van der Waals surface area contributed by atoms with Crippen LogP contribution in [0.25, 0.3) is 11.1 Å². The second kappa shape index (κ2) is 6.50. The molecule has 4 nitrogen and oxygen atoms in total. The summed E-state index contributed by atoms with van der Waals surface area (Å²) >= 11 is 0. The first-order valence-corrected chi connectivity index (χ1v) is 6.87. The second-order valence-corrected chi connectivity index (χ2v) is 4.77. The summed E-state index contributed by atoms with van der Waals surface area (Å²) < 4.78 is 11.4. The summed E-state index contributed by atoms with van der Waals surface area (Å²) in [4.78, 5) is 4.13. The number of hydrogen-bond acceptors (Lipinski definition) is 4. The first-order valence-electron chi connectivity index (χ1n) is 6.87. The highest BCUT2D eigenvalue weighted by molar-refractivity contribution is 5.62. The molecule has 0 radical (unpaired) electrons. The Morgan fingerprint density at radius 1 is 1.20 bits per heavy atom. The van der Waals surface area contributed by atoms with Crippen LogP contribution in [0.2, 0.25) is 0 Å². The molecule has 1 aromatic carbocycles. The zero-order valence-electron chi connectivity index (χ0n) is 11.3. The van der Waals surface area contributed by atoms with Crippen molar-refractivity contribution >= 4 is 0 Å². The lowest BCUT2D eigenvalue weighted by Gasteiger charge is -2.23. The molecule has 104 valence electrons. The molecular formula is C16H18N2O2. The number of hydrogen-bond donors (Lipinski definition) is 1. The van der Waals surface area contributed by atoms with Gasteiger partial charge < -0.3 is 14.8 Å². The van der Waals surface area contributed by atoms with Crippen molar-refractivity contribution in [2.75, 3.05) is 26.3 Å². The summed E-state index contributed by atoms with van der Waals surface area (Å²) in [6.07, 6.45) is 3.78. The Balaban J connectivity index is 1.58. The Hall–Kier alpha value is -1.91. The third-order valence-electron chi connectivity index (χ3n) is 3.29. The van der Waals surface area contributed by atoms with Gasteiger partial charge in [0.05, 0.1) is 6.61 Å². The summed E-state index contributed by atoms with van der Waals surface area (Å²) in [5, 5.41) is 3.29. The van der Waals surface area contributed by atoms with E-state index in [1.807, 2.05) is 42.6 Å². The molecule has 1 aliphatic heterocycles. The molecule has 4 heteroatoms. The van der Waals surface area contributed by atoms with Crippen molar-refractivity contribution in [2.45, 2.75) is 6.10 Å². The molecule has 1 aliphatic rings. The van der Waals surface area contributed by atoms with Gasteiger partial charge in [0.1, 0.15) is 18.5 Å². The van der Waals surface area contributed by atoms with Crippen LogP contribution in [0.1, 0.15) is 0 Å². The molecule has 1 atom stereocenters. The third-order valence-corrected chi connectivity index (χ3v) is 3.29. The summed E-state index contributed by atoms with van der Waals surface area (Å²) in [7, 11) is 0. The van der Waals surface area contributed by atoms with Gasteiger partial charge in [-0.2, -0.15) is 0 Å². The van der Waals surface area contributed by atoms with Crippen molar-refractivity contribution in [1.29, 1.82) is 0 Å². The normalized spacial score (nSPS) is 18.7. The van der Waals surface area contributed by atoms with E-state index in [1.165, 1.54) is 0 Å². The number of nitrogens with zero attached hydrogens (tertiary/aromatic N) is 1. The summed E-state index contributed by atoms with van der Waals surface area (Å²) in [5.41, 5.74) is 2.25. The highest BCUT2D eigenvalue weighted by Gasteiger charge is 2.13. The molecule has 1 N–H and O–H groups in total. The van der Waals surface area contributed by atoms with E-state index >= 15 is 0 Å². The first kappa shape index (κ1) is 13.1. The third kappa shape index (κ3) is 3.35. The second-order valence-electron chi connectivity index (χ2n) is 4.77. The number of aromatic nitrogens is 1. The van der Waals surface area contributed by atoms with Crippen LogP contribution >= 0.6 is 0 Å². The molecule has 3 rings (SSSR count). The Morgan fingerprint density at radius 2 is 2.10 bits per heavy atom. The Labute approximate surface area is 118 Å². The highest BCUT2D eigenvalue weighted by atomic mass is 16.5. The fourth-order valence-corrected chi connectivity index (χ4v) is 2.19. The molecule has 0 spiro atoms. The van der Waals surface area contributed by atoms with Gasteiger partial charge in [0.15, 0.2) is 0 Å². The van der Waals surface area contributed by atoms with Crippen molar-refractivity contribution in [3.63, 3.8) is 0 Å². The predicted octanol–water partition coefficient (Wildman–Crippen LogP) is 2.12. The quantitative estimate of drug-likeness (QED) is 0.924. The maximum absolute atomic E-state index is 5.76. The van der Waals surface area contributed by atoms with E-state index in [-0.39, 0.29) is 6.10 Å². The molecule has 0 amide bonds. The average molecular weight is 270 g/mol. The number of benzene rings is 1. The standard InChI is InChI=1S/C16H18N2O2/c1-2-14(10-17-7-1)13-3-5-15(6-4-13)20-12-16-11-18-8-9-19-16/h1-7,10,16,18H,8-9,11-12H2. The van der Waals surface area contributed by atoms with Crippen LogP contribution in [-0.4, -0.2) is 37.4 Å². The minimum absolute atomic E-state index is 0.141. The smallest absolute Gasteiger partial charge is 0.119 e. The molecule has 1 saturated heterocycles. The number of rotatable bonds is 4. The van der Waals surface area contributed by atoms with Crippen LogP contribution in [0.3, 0.4) is 0 Å². The molecular weight excluding hydrogens is 252 g/mol. The number of ether oxygens (including phenoxy) is 2. The number of morpholine rings is 1. The summed E-state index contributed by atoms with van der Waals surface area (Å²) in [5.74, 6) is 0.867. The minimum Gasteiger partial charge on any atom is -0.491 e. The maximum Gasteiger partial charge on any atom is 0.119 e. The molecule has 2 aromatic rings. The van der Waals surface area contributed by atoms with E-state index in [1.54, 1.807) is 6.20 Å². The van der Waals surface area contributed by atoms with Gasteiger partial charge >= 0.3 is 0 Å². The van der Waals surface area contributed by atoms with Gasteiger partial charge in [-0.25, -0.2) is 0 Å². The number of pyridine rings is 1. The van der Waals surface area contributed by atoms with Gasteiger partial charge in [-0.3, -0.25) is 4.98 Å². The van der Waals surface area contributed by atoms with E-state index in [2.05, 4.69) is 10.3 Å². The zero-order valence-corrected chi connectivity index (χ0v) is 11.3. The van der Waals surface area contributed by atoms with E-state index in [4.69, 9.17) is 9.47 Å². The average Bonchev–Trinajstić information content (AvgIpc) is 2.55. The van der Waals surface area contributed by atoms with Gasteiger partial charge in [-0.1, -0.05) is 18.2 Å². The Kier molecular flexibility index (Phi) is 4.25. The van der Waals surface area contributed by atoms with Crippen molar-refractivity contribution in [3.05, 3.63) is 48.8 Å². The van der Waals surface area contributed by atoms with Crippen LogP contribution in [0.5, 0.6) is 5.75 Å². The Morgan fingerprint density at radius 3 is 2.80 bits per heavy atom. The van der Waals surface area contributed by atoms with Crippen LogP contribution in [0.15, 0.2) is 48.8 Å². The lowest BCUT2D eigenvalue weighted by Crippen LogP contribution is -2.41. The van der Waals surface area contributed by atoms with Gasteiger partial charge in [0, 0.05) is 25.5 Å². The largest absolute Gasteiger partial charge is 0.491 e. The Bertz CT molecular complexity index is 522. The number of nitrogens with one attached hydrogen (secondary N) is 1. The van der Waals surface area contributed by atoms with Gasteiger partial charge in [0.2, 0.25) is 0 Å². The monoisotopic (exact) mass is 270 g/mol. The minimum atomic E-state index is 0.141. The van der Waals surface area contributed by atoms with Crippen molar-refractivity contribution in [3.8, 4) is 16.9 Å². The van der Waals surface area contributed by atoms with Crippen molar-refractivity contribution < 1.29 is 9.47 Å². The lowest BCUT2D eigenvalue weighted by atomic mass is 10.1. The summed E-state index contributed by atoms with van der Waals surface area (Å²) in [6, 6.07) is 12.0. The van der Waals surface area contributed by atoms with Crippen LogP contribution < -0.4 is 10.1 Å². The molecule has 1 fully saturated rings. The molecule has 20 heavy (non-hydrogen) atoms. The molecule has 0 saturated carbocycles. The molecule has 2 heterocycles. The molecule has 0 bridgehead atoms. The van der Waals surface area contributed by atoms with Gasteiger partial charge in [0.25, 0.3) is 0 Å². The zero-order chi connectivity index (χ0) is 13.6. The fraction of sp³-hybridized carbons (Fsp3) is 0.312.